The van der Waals surface area contributed by atoms with Gasteiger partial charge >= 0.3 is 5.97 Å². The van der Waals surface area contributed by atoms with E-state index in [0.29, 0.717) is 11.3 Å². The van der Waals surface area contributed by atoms with Crippen molar-refractivity contribution >= 4 is 17.5 Å². The molecular weight excluding hydrogens is 342 g/mol. The van der Waals surface area contributed by atoms with Gasteiger partial charge in [0.05, 0.1) is 13.5 Å². The maximum atomic E-state index is 12.0. The van der Waals surface area contributed by atoms with Crippen molar-refractivity contribution < 1.29 is 28.8 Å². The SMILES string of the molecule is COc1ccc(C(=O)COC(=O)C[C@@H]2C(=O)C[C@H](C)[C@H]2C[N+](=O)[O-])cc1. The first-order chi connectivity index (χ1) is 12.3. The molecule has 0 heterocycles. The van der Waals surface area contributed by atoms with Crippen LogP contribution in [0.3, 0.4) is 0 Å². The van der Waals surface area contributed by atoms with Gasteiger partial charge in [-0.1, -0.05) is 6.92 Å². The number of Topliss-reactive ketones (excluding diaryl/α,β-unsaturated/α-hetero) is 2. The average molecular weight is 363 g/mol. The van der Waals surface area contributed by atoms with Crippen LogP contribution in [0.1, 0.15) is 30.1 Å². The molecule has 26 heavy (non-hydrogen) atoms. The van der Waals surface area contributed by atoms with Crippen LogP contribution >= 0.6 is 0 Å². The van der Waals surface area contributed by atoms with Gasteiger partial charge in [-0.25, -0.2) is 0 Å². The highest BCUT2D eigenvalue weighted by Crippen LogP contribution is 2.36. The lowest BCUT2D eigenvalue weighted by Gasteiger charge is -2.16. The van der Waals surface area contributed by atoms with Gasteiger partial charge in [0.25, 0.3) is 0 Å². The molecule has 0 amide bonds. The first-order valence-electron chi connectivity index (χ1n) is 8.29. The van der Waals surface area contributed by atoms with Crippen molar-refractivity contribution in [3.05, 3.63) is 39.9 Å². The van der Waals surface area contributed by atoms with Gasteiger partial charge in [0, 0.05) is 28.7 Å². The molecular formula is C18H21NO7. The monoisotopic (exact) mass is 363 g/mol. The first-order valence-corrected chi connectivity index (χ1v) is 8.29. The summed E-state index contributed by atoms with van der Waals surface area (Å²) in [5.41, 5.74) is 0.371. The number of benzene rings is 1. The molecule has 1 aliphatic carbocycles. The lowest BCUT2D eigenvalue weighted by atomic mass is 9.88. The molecule has 0 aromatic heterocycles. The van der Waals surface area contributed by atoms with Crippen LogP contribution in [0, 0.1) is 27.9 Å². The molecule has 0 radical (unpaired) electrons. The van der Waals surface area contributed by atoms with Crippen LogP contribution in [0.4, 0.5) is 0 Å². The number of nitrogens with zero attached hydrogens (tertiary/aromatic N) is 1. The molecule has 1 saturated carbocycles. The molecule has 0 spiro atoms. The lowest BCUT2D eigenvalue weighted by Crippen LogP contribution is -2.28. The number of carbonyl (C=O) groups is 3. The molecule has 0 bridgehead atoms. The predicted molar refractivity (Wildman–Crippen MR) is 90.5 cm³/mol. The number of esters is 1. The number of hydrogen-bond acceptors (Lipinski definition) is 7. The summed E-state index contributed by atoms with van der Waals surface area (Å²) < 4.78 is 9.97. The largest absolute Gasteiger partial charge is 0.497 e. The van der Waals surface area contributed by atoms with Crippen LogP contribution in [0.2, 0.25) is 0 Å². The third-order valence-corrected chi connectivity index (χ3v) is 4.71. The topological polar surface area (TPSA) is 113 Å². The molecule has 8 nitrogen and oxygen atoms in total. The first kappa shape index (κ1) is 19.6. The van der Waals surface area contributed by atoms with E-state index in [1.165, 1.54) is 7.11 Å². The molecule has 2 rings (SSSR count). The lowest BCUT2D eigenvalue weighted by molar-refractivity contribution is -0.490. The summed E-state index contributed by atoms with van der Waals surface area (Å²) in [7, 11) is 1.51. The van der Waals surface area contributed by atoms with E-state index in [2.05, 4.69) is 0 Å². The highest BCUT2D eigenvalue weighted by Gasteiger charge is 2.44. The number of nitro groups is 1. The normalized spacial score (nSPS) is 22.1. The standard InChI is InChI=1S/C18H21NO7/c1-11-7-16(20)14(15(11)9-19(23)24)8-18(22)26-10-17(21)12-3-5-13(25-2)6-4-12/h3-6,11,14-15H,7-10H2,1-2H3/t11-,14-,15+/m0/s1. The molecule has 1 fully saturated rings. The molecule has 0 saturated heterocycles. The van der Waals surface area contributed by atoms with Gasteiger partial charge in [-0.2, -0.15) is 0 Å². The summed E-state index contributed by atoms with van der Waals surface area (Å²) in [6.07, 6.45) is -0.0151. The van der Waals surface area contributed by atoms with E-state index in [1.807, 2.05) is 0 Å². The smallest absolute Gasteiger partial charge is 0.306 e. The van der Waals surface area contributed by atoms with E-state index in [4.69, 9.17) is 9.47 Å². The van der Waals surface area contributed by atoms with Gasteiger partial charge < -0.3 is 9.47 Å². The Morgan fingerprint density at radius 2 is 1.92 bits per heavy atom. The fourth-order valence-electron chi connectivity index (χ4n) is 3.24. The molecule has 3 atom stereocenters. The third kappa shape index (κ3) is 4.87. The van der Waals surface area contributed by atoms with E-state index >= 15 is 0 Å². The summed E-state index contributed by atoms with van der Waals surface area (Å²) in [6.45, 7) is 0.974. The molecule has 1 aromatic rings. The van der Waals surface area contributed by atoms with Gasteiger partial charge in [0.2, 0.25) is 6.54 Å². The second-order valence-electron chi connectivity index (χ2n) is 6.45. The van der Waals surface area contributed by atoms with E-state index in [1.54, 1.807) is 31.2 Å². The Bertz CT molecular complexity index is 698. The Kier molecular flexibility index (Phi) is 6.43. The highest BCUT2D eigenvalue weighted by molar-refractivity contribution is 5.98. The van der Waals surface area contributed by atoms with Crippen LogP contribution in [0.15, 0.2) is 24.3 Å². The van der Waals surface area contributed by atoms with Gasteiger partial charge in [-0.3, -0.25) is 24.5 Å². The molecule has 0 N–H and O–H groups in total. The fraction of sp³-hybridized carbons (Fsp3) is 0.500. The van der Waals surface area contributed by atoms with Gasteiger partial charge in [0.1, 0.15) is 11.5 Å². The third-order valence-electron chi connectivity index (χ3n) is 4.71. The zero-order valence-corrected chi connectivity index (χ0v) is 14.7. The van der Waals surface area contributed by atoms with Crippen molar-refractivity contribution in [3.63, 3.8) is 0 Å². The van der Waals surface area contributed by atoms with Gasteiger partial charge in [-0.05, 0) is 30.2 Å². The quantitative estimate of drug-likeness (QED) is 0.300. The van der Waals surface area contributed by atoms with E-state index in [-0.39, 0.29) is 36.9 Å². The second-order valence-corrected chi connectivity index (χ2v) is 6.45. The van der Waals surface area contributed by atoms with Crippen molar-refractivity contribution in [2.45, 2.75) is 19.8 Å². The van der Waals surface area contributed by atoms with Crippen molar-refractivity contribution in [1.82, 2.24) is 0 Å². The average Bonchev–Trinajstić information content (AvgIpc) is 2.86. The van der Waals surface area contributed by atoms with Crippen LogP contribution < -0.4 is 4.74 Å². The van der Waals surface area contributed by atoms with Crippen molar-refractivity contribution in [3.8, 4) is 5.75 Å². The Morgan fingerprint density at radius 1 is 1.27 bits per heavy atom. The second kappa shape index (κ2) is 8.55. The van der Waals surface area contributed by atoms with Gasteiger partial charge in [0.15, 0.2) is 12.4 Å². The number of methoxy groups -OCH3 is 1. The Balaban J connectivity index is 1.89. The van der Waals surface area contributed by atoms with Gasteiger partial charge in [-0.15, -0.1) is 0 Å². The molecule has 0 unspecified atom stereocenters. The van der Waals surface area contributed by atoms with Crippen molar-refractivity contribution in [1.29, 1.82) is 0 Å². The summed E-state index contributed by atoms with van der Waals surface area (Å²) in [5.74, 6) is -2.00. The van der Waals surface area contributed by atoms with E-state index in [9.17, 15) is 24.5 Å². The Labute approximate surface area is 150 Å². The molecule has 140 valence electrons. The van der Waals surface area contributed by atoms with Crippen LogP contribution in [0.25, 0.3) is 0 Å². The Morgan fingerprint density at radius 3 is 2.50 bits per heavy atom. The van der Waals surface area contributed by atoms with E-state index in [0.717, 1.165) is 0 Å². The minimum Gasteiger partial charge on any atom is -0.497 e. The zero-order chi connectivity index (χ0) is 19.3. The van der Waals surface area contributed by atoms with Crippen molar-refractivity contribution in [2.75, 3.05) is 20.3 Å². The number of hydrogen-bond donors (Lipinski definition) is 0. The number of ketones is 2. The summed E-state index contributed by atoms with van der Waals surface area (Å²) in [6, 6.07) is 6.36. The highest BCUT2D eigenvalue weighted by atomic mass is 16.6. The molecule has 0 aliphatic heterocycles. The number of ether oxygens (including phenoxy) is 2. The van der Waals surface area contributed by atoms with E-state index < -0.39 is 29.3 Å². The predicted octanol–water partition coefficient (Wildman–Crippen LogP) is 1.93. The van der Waals surface area contributed by atoms with Crippen LogP contribution in [0.5, 0.6) is 5.75 Å². The summed E-state index contributed by atoms with van der Waals surface area (Å²) in [4.78, 5) is 46.4. The zero-order valence-electron chi connectivity index (χ0n) is 14.7. The number of rotatable bonds is 8. The minimum absolute atomic E-state index is 0.147. The maximum Gasteiger partial charge on any atom is 0.306 e. The molecule has 8 heteroatoms. The Hall–Kier alpha value is -2.77. The van der Waals surface area contributed by atoms with Crippen LogP contribution in [-0.2, 0) is 14.3 Å². The van der Waals surface area contributed by atoms with Crippen LogP contribution in [-0.4, -0.2) is 42.7 Å². The molecule has 1 aliphatic rings. The minimum atomic E-state index is -0.723. The fourth-order valence-corrected chi connectivity index (χ4v) is 3.24. The summed E-state index contributed by atoms with van der Waals surface area (Å²) in [5, 5.41) is 10.8. The molecule has 1 aromatic carbocycles. The number of carbonyl (C=O) groups excluding carboxylic acids is 3. The summed E-state index contributed by atoms with van der Waals surface area (Å²) >= 11 is 0. The maximum absolute atomic E-state index is 12.0. The van der Waals surface area contributed by atoms with Crippen molar-refractivity contribution in [2.24, 2.45) is 17.8 Å².